The Kier molecular flexibility index (Phi) is 5.63. The standard InChI is InChI=1S/C19H18O2/c1-20-15-5-8-17-6-3-4-7-18(17)12-9-16-10-13-19(21-2)14-11-16/h3-8,10-11,13-14H,15H2,1-2H3/b8-5+. The molecule has 0 N–H and O–H groups in total. The van der Waals surface area contributed by atoms with Crippen molar-refractivity contribution in [2.45, 2.75) is 0 Å². The second kappa shape index (κ2) is 7.94. The summed E-state index contributed by atoms with van der Waals surface area (Å²) in [6.07, 6.45) is 4.01. The van der Waals surface area contributed by atoms with Crippen LogP contribution < -0.4 is 4.74 Å². The maximum atomic E-state index is 5.14. The first-order valence-electron chi connectivity index (χ1n) is 6.74. The van der Waals surface area contributed by atoms with Crippen LogP contribution in [0, 0.1) is 11.8 Å². The number of hydrogen-bond donors (Lipinski definition) is 0. The Labute approximate surface area is 126 Å². The maximum absolute atomic E-state index is 5.14. The van der Waals surface area contributed by atoms with Gasteiger partial charge in [-0.1, -0.05) is 42.2 Å². The van der Waals surface area contributed by atoms with Crippen molar-refractivity contribution in [2.75, 3.05) is 20.8 Å². The van der Waals surface area contributed by atoms with Crippen molar-refractivity contribution in [1.29, 1.82) is 0 Å². The van der Waals surface area contributed by atoms with Crippen molar-refractivity contribution < 1.29 is 9.47 Å². The summed E-state index contributed by atoms with van der Waals surface area (Å²) in [5, 5.41) is 0. The van der Waals surface area contributed by atoms with Crippen LogP contribution in [0.15, 0.2) is 54.6 Å². The molecule has 2 aromatic rings. The molecule has 0 spiro atoms. The maximum Gasteiger partial charge on any atom is 0.118 e. The summed E-state index contributed by atoms with van der Waals surface area (Å²) in [6, 6.07) is 15.8. The van der Waals surface area contributed by atoms with Crippen LogP contribution in [0.1, 0.15) is 16.7 Å². The van der Waals surface area contributed by atoms with Crippen LogP contribution in [0.5, 0.6) is 5.75 Å². The Morgan fingerprint density at radius 2 is 1.71 bits per heavy atom. The Morgan fingerprint density at radius 1 is 0.952 bits per heavy atom. The Balaban J connectivity index is 2.21. The highest BCUT2D eigenvalue weighted by Gasteiger charge is 1.95. The molecule has 0 unspecified atom stereocenters. The summed E-state index contributed by atoms with van der Waals surface area (Å²) in [6.45, 7) is 0.597. The van der Waals surface area contributed by atoms with Gasteiger partial charge in [0.05, 0.1) is 13.7 Å². The first-order chi connectivity index (χ1) is 10.3. The van der Waals surface area contributed by atoms with E-state index in [0.717, 1.165) is 22.4 Å². The second-order valence-corrected chi connectivity index (χ2v) is 4.42. The molecule has 0 aromatic heterocycles. The molecule has 0 aliphatic heterocycles. The van der Waals surface area contributed by atoms with Crippen LogP contribution in [-0.2, 0) is 4.74 Å². The van der Waals surface area contributed by atoms with Gasteiger partial charge in [-0.15, -0.1) is 0 Å². The topological polar surface area (TPSA) is 18.5 Å². The number of rotatable bonds is 4. The zero-order valence-electron chi connectivity index (χ0n) is 12.3. The minimum atomic E-state index is 0.597. The third-order valence-electron chi connectivity index (χ3n) is 2.95. The molecule has 0 saturated heterocycles. The van der Waals surface area contributed by atoms with Crippen molar-refractivity contribution in [3.05, 3.63) is 71.3 Å². The Morgan fingerprint density at radius 3 is 2.43 bits per heavy atom. The fourth-order valence-electron chi connectivity index (χ4n) is 1.84. The molecule has 106 valence electrons. The van der Waals surface area contributed by atoms with Gasteiger partial charge < -0.3 is 9.47 Å². The molecular formula is C19H18O2. The van der Waals surface area contributed by atoms with E-state index >= 15 is 0 Å². The summed E-state index contributed by atoms with van der Waals surface area (Å²) in [7, 11) is 3.34. The lowest BCUT2D eigenvalue weighted by Crippen LogP contribution is -1.85. The van der Waals surface area contributed by atoms with E-state index in [9.17, 15) is 0 Å². The van der Waals surface area contributed by atoms with E-state index in [-0.39, 0.29) is 0 Å². The molecule has 0 bridgehead atoms. The number of ether oxygens (including phenoxy) is 2. The van der Waals surface area contributed by atoms with Gasteiger partial charge in [-0.2, -0.15) is 0 Å². The van der Waals surface area contributed by atoms with Crippen LogP contribution in [-0.4, -0.2) is 20.8 Å². The summed E-state index contributed by atoms with van der Waals surface area (Å²) >= 11 is 0. The highest BCUT2D eigenvalue weighted by molar-refractivity contribution is 5.60. The minimum Gasteiger partial charge on any atom is -0.497 e. The van der Waals surface area contributed by atoms with Gasteiger partial charge in [-0.05, 0) is 35.9 Å². The monoisotopic (exact) mass is 278 g/mol. The molecule has 21 heavy (non-hydrogen) atoms. The summed E-state index contributed by atoms with van der Waals surface area (Å²) in [5.41, 5.74) is 3.06. The molecule has 0 radical (unpaired) electrons. The normalized spacial score (nSPS) is 10.2. The summed E-state index contributed by atoms with van der Waals surface area (Å²) < 4.78 is 10.2. The number of methoxy groups -OCH3 is 2. The van der Waals surface area contributed by atoms with Gasteiger partial charge >= 0.3 is 0 Å². The van der Waals surface area contributed by atoms with Gasteiger partial charge in [-0.3, -0.25) is 0 Å². The highest BCUT2D eigenvalue weighted by atomic mass is 16.5. The van der Waals surface area contributed by atoms with Crippen LogP contribution in [0.25, 0.3) is 6.08 Å². The molecule has 2 aromatic carbocycles. The van der Waals surface area contributed by atoms with Crippen LogP contribution in [0.4, 0.5) is 0 Å². The Hall–Kier alpha value is -2.50. The molecule has 0 atom stereocenters. The summed E-state index contributed by atoms with van der Waals surface area (Å²) in [5.74, 6) is 7.22. The molecule has 2 rings (SSSR count). The van der Waals surface area contributed by atoms with Crippen molar-refractivity contribution in [1.82, 2.24) is 0 Å². The molecule has 0 heterocycles. The third-order valence-corrected chi connectivity index (χ3v) is 2.95. The zero-order valence-corrected chi connectivity index (χ0v) is 12.3. The Bertz CT molecular complexity index is 658. The lowest BCUT2D eigenvalue weighted by molar-refractivity contribution is 0.234. The van der Waals surface area contributed by atoms with Crippen LogP contribution in [0.2, 0.25) is 0 Å². The minimum absolute atomic E-state index is 0.597. The fraction of sp³-hybridized carbons (Fsp3) is 0.158. The van der Waals surface area contributed by atoms with E-state index in [1.165, 1.54) is 0 Å². The van der Waals surface area contributed by atoms with Gasteiger partial charge in [0, 0.05) is 18.2 Å². The van der Waals surface area contributed by atoms with Gasteiger partial charge in [0.15, 0.2) is 0 Å². The lowest BCUT2D eigenvalue weighted by Gasteiger charge is -1.99. The van der Waals surface area contributed by atoms with E-state index in [4.69, 9.17) is 9.47 Å². The third kappa shape index (κ3) is 4.52. The average molecular weight is 278 g/mol. The van der Waals surface area contributed by atoms with Gasteiger partial charge in [0.1, 0.15) is 5.75 Å². The van der Waals surface area contributed by atoms with Crippen molar-refractivity contribution in [2.24, 2.45) is 0 Å². The smallest absolute Gasteiger partial charge is 0.118 e. The molecule has 0 saturated carbocycles. The molecule has 2 heteroatoms. The number of hydrogen-bond acceptors (Lipinski definition) is 2. The average Bonchev–Trinajstić information content (AvgIpc) is 2.54. The van der Waals surface area contributed by atoms with E-state index < -0.39 is 0 Å². The largest absolute Gasteiger partial charge is 0.497 e. The second-order valence-electron chi connectivity index (χ2n) is 4.42. The molecular weight excluding hydrogens is 260 g/mol. The molecule has 0 aliphatic carbocycles. The van der Waals surface area contributed by atoms with E-state index in [0.29, 0.717) is 6.61 Å². The van der Waals surface area contributed by atoms with Gasteiger partial charge in [0.2, 0.25) is 0 Å². The highest BCUT2D eigenvalue weighted by Crippen LogP contribution is 2.12. The molecule has 0 aliphatic rings. The molecule has 2 nitrogen and oxygen atoms in total. The van der Waals surface area contributed by atoms with E-state index in [2.05, 4.69) is 11.8 Å². The number of benzene rings is 2. The van der Waals surface area contributed by atoms with Gasteiger partial charge in [-0.25, -0.2) is 0 Å². The van der Waals surface area contributed by atoms with Gasteiger partial charge in [0.25, 0.3) is 0 Å². The SMILES string of the molecule is COC/C=C/c1ccccc1C#Cc1ccc(OC)cc1. The van der Waals surface area contributed by atoms with E-state index in [1.54, 1.807) is 14.2 Å². The zero-order chi connectivity index (χ0) is 14.9. The summed E-state index contributed by atoms with van der Waals surface area (Å²) in [4.78, 5) is 0. The van der Waals surface area contributed by atoms with Crippen molar-refractivity contribution in [3.63, 3.8) is 0 Å². The predicted molar refractivity (Wildman–Crippen MR) is 86.3 cm³/mol. The first-order valence-corrected chi connectivity index (χ1v) is 6.74. The van der Waals surface area contributed by atoms with E-state index in [1.807, 2.05) is 60.7 Å². The fourth-order valence-corrected chi connectivity index (χ4v) is 1.84. The molecule has 0 fully saturated rings. The predicted octanol–water partition coefficient (Wildman–Crippen LogP) is 3.75. The first kappa shape index (κ1) is 14.9. The van der Waals surface area contributed by atoms with Crippen LogP contribution in [0.3, 0.4) is 0 Å². The van der Waals surface area contributed by atoms with Crippen molar-refractivity contribution in [3.8, 4) is 17.6 Å². The lowest BCUT2D eigenvalue weighted by atomic mass is 10.1. The quantitative estimate of drug-likeness (QED) is 0.793. The van der Waals surface area contributed by atoms with Crippen LogP contribution >= 0.6 is 0 Å². The molecule has 0 amide bonds. The van der Waals surface area contributed by atoms with Crippen molar-refractivity contribution >= 4 is 6.08 Å².